The third-order valence-corrected chi connectivity index (χ3v) is 7.18. The van der Waals surface area contributed by atoms with E-state index < -0.39 is 12.1 Å². The molecule has 0 spiro atoms. The van der Waals surface area contributed by atoms with Gasteiger partial charge in [-0.2, -0.15) is 5.26 Å². The Hall–Kier alpha value is -4.45. The van der Waals surface area contributed by atoms with E-state index >= 15 is 0 Å². The van der Waals surface area contributed by atoms with Crippen molar-refractivity contribution < 1.29 is 18.7 Å². The maximum absolute atomic E-state index is 13.0. The number of esters is 1. The molecule has 1 atom stereocenters. The molecule has 0 saturated carbocycles. The summed E-state index contributed by atoms with van der Waals surface area (Å²) in [7, 11) is 0. The van der Waals surface area contributed by atoms with Gasteiger partial charge in [-0.15, -0.1) is 11.3 Å². The topological polar surface area (TPSA) is 85.3 Å². The molecule has 39 heavy (non-hydrogen) atoms. The molecule has 0 aliphatic carbocycles. The third kappa shape index (κ3) is 5.85. The zero-order chi connectivity index (χ0) is 27.2. The second-order valence-corrected chi connectivity index (χ2v) is 10.2. The molecule has 1 unspecified atom stereocenters. The summed E-state index contributed by atoms with van der Waals surface area (Å²) in [4.78, 5) is 18.6. The molecular weight excluding hydrogens is 576 g/mol. The molecule has 3 heterocycles. The van der Waals surface area contributed by atoms with E-state index in [9.17, 15) is 10.1 Å². The van der Waals surface area contributed by atoms with Crippen LogP contribution in [0.25, 0.3) is 33.2 Å². The lowest BCUT2D eigenvalue weighted by atomic mass is 10.1. The fraction of sp³-hybridized carbons (Fsp3) is 0.0645. The van der Waals surface area contributed by atoms with Crippen LogP contribution in [0.15, 0.2) is 112 Å². The molecule has 5 rings (SSSR count). The molecule has 0 saturated heterocycles. The van der Waals surface area contributed by atoms with Crippen LogP contribution in [0.4, 0.5) is 0 Å². The van der Waals surface area contributed by atoms with Crippen molar-refractivity contribution in [2.75, 3.05) is 6.61 Å². The number of nitriles is 1. The van der Waals surface area contributed by atoms with E-state index in [0.29, 0.717) is 28.3 Å². The summed E-state index contributed by atoms with van der Waals surface area (Å²) < 4.78 is 18.7. The molecule has 3 aromatic heterocycles. The molecule has 2 aromatic carbocycles. The Balaban J connectivity index is 1.62. The van der Waals surface area contributed by atoms with E-state index in [2.05, 4.69) is 33.6 Å². The number of ether oxygens (including phenoxy) is 2. The molecule has 0 fully saturated rings. The number of benzene rings is 2. The van der Waals surface area contributed by atoms with E-state index in [0.717, 1.165) is 14.9 Å². The van der Waals surface area contributed by atoms with E-state index in [4.69, 9.17) is 13.9 Å². The molecule has 0 aliphatic rings. The zero-order valence-corrected chi connectivity index (χ0v) is 22.9. The summed E-state index contributed by atoms with van der Waals surface area (Å²) in [6.45, 7) is 3.63. The number of aromatic nitrogens is 1. The van der Waals surface area contributed by atoms with Gasteiger partial charge in [0, 0.05) is 21.2 Å². The van der Waals surface area contributed by atoms with Gasteiger partial charge < -0.3 is 13.9 Å². The highest BCUT2D eigenvalue weighted by Gasteiger charge is 2.28. The van der Waals surface area contributed by atoms with Crippen LogP contribution < -0.4 is 4.74 Å². The van der Waals surface area contributed by atoms with Crippen LogP contribution in [0.1, 0.15) is 17.2 Å². The molecular formula is C31H21BrN2O4S. The van der Waals surface area contributed by atoms with Gasteiger partial charge in [0.2, 0.25) is 12.0 Å². The highest BCUT2D eigenvalue weighted by molar-refractivity contribution is 9.10. The second kappa shape index (κ2) is 11.9. The summed E-state index contributed by atoms with van der Waals surface area (Å²) >= 11 is 4.95. The minimum Gasteiger partial charge on any atom is -0.458 e. The van der Waals surface area contributed by atoms with E-state index in [1.807, 2.05) is 60.0 Å². The number of hydrogen-bond acceptors (Lipinski definition) is 7. The van der Waals surface area contributed by atoms with E-state index in [1.54, 1.807) is 30.3 Å². The summed E-state index contributed by atoms with van der Waals surface area (Å²) in [5.74, 6) is 0.503. The lowest BCUT2D eigenvalue weighted by Gasteiger charge is -2.19. The van der Waals surface area contributed by atoms with Crippen LogP contribution in [-0.4, -0.2) is 17.6 Å². The van der Waals surface area contributed by atoms with Gasteiger partial charge >= 0.3 is 5.97 Å². The Labute approximate surface area is 237 Å². The second-order valence-electron chi connectivity index (χ2n) is 8.32. The average Bonchev–Trinajstić information content (AvgIpc) is 3.68. The highest BCUT2D eigenvalue weighted by Crippen LogP contribution is 2.38. The number of nitrogens with zero attached hydrogens (tertiary/aromatic N) is 2. The third-order valence-electron chi connectivity index (χ3n) is 5.76. The first-order valence-corrected chi connectivity index (χ1v) is 13.6. The molecule has 0 aliphatic heterocycles. The normalized spacial score (nSPS) is 11.4. The minimum absolute atomic E-state index is 0.00407. The largest absolute Gasteiger partial charge is 0.458 e. The number of carbonyl (C=O) groups excluding carboxylic acids is 1. The van der Waals surface area contributed by atoms with E-state index in [-0.39, 0.29) is 18.1 Å². The van der Waals surface area contributed by atoms with Gasteiger partial charge in [0.15, 0.2) is 0 Å². The van der Waals surface area contributed by atoms with Crippen LogP contribution in [-0.2, 0) is 9.53 Å². The molecule has 0 amide bonds. The first kappa shape index (κ1) is 26.2. The van der Waals surface area contributed by atoms with Crippen molar-refractivity contribution in [1.82, 2.24) is 4.98 Å². The summed E-state index contributed by atoms with van der Waals surface area (Å²) in [6, 6.07) is 28.2. The summed E-state index contributed by atoms with van der Waals surface area (Å²) in [5.41, 5.74) is 2.68. The van der Waals surface area contributed by atoms with E-state index in [1.165, 1.54) is 17.4 Å². The number of pyridine rings is 1. The maximum Gasteiger partial charge on any atom is 0.352 e. The van der Waals surface area contributed by atoms with Crippen LogP contribution in [0.5, 0.6) is 5.88 Å². The quantitative estimate of drug-likeness (QED) is 0.126. The summed E-state index contributed by atoms with van der Waals surface area (Å²) in [6.07, 6.45) is 0.334. The van der Waals surface area contributed by atoms with Gasteiger partial charge in [-0.1, -0.05) is 77.1 Å². The number of thiophene rings is 1. The van der Waals surface area contributed by atoms with Crippen LogP contribution in [0, 0.1) is 11.3 Å². The number of rotatable bonds is 9. The van der Waals surface area contributed by atoms with Crippen molar-refractivity contribution in [3.63, 3.8) is 0 Å². The molecule has 0 radical (unpaired) electrons. The first-order valence-electron chi connectivity index (χ1n) is 11.9. The number of halogens is 1. The lowest BCUT2D eigenvalue weighted by molar-refractivity contribution is -0.151. The van der Waals surface area contributed by atoms with Gasteiger partial charge in [0.25, 0.3) is 0 Å². The van der Waals surface area contributed by atoms with Gasteiger partial charge in [-0.05, 0) is 41.8 Å². The van der Waals surface area contributed by atoms with Crippen molar-refractivity contribution in [2.24, 2.45) is 0 Å². The minimum atomic E-state index is -1.15. The van der Waals surface area contributed by atoms with Gasteiger partial charge in [-0.3, -0.25) is 0 Å². The average molecular weight is 597 g/mol. The van der Waals surface area contributed by atoms with Gasteiger partial charge in [-0.25, -0.2) is 9.78 Å². The Bertz CT molecular complexity index is 1640. The molecule has 0 N–H and O–H groups in total. The van der Waals surface area contributed by atoms with Crippen molar-refractivity contribution in [3.05, 3.63) is 119 Å². The predicted molar refractivity (Wildman–Crippen MR) is 154 cm³/mol. The van der Waals surface area contributed by atoms with Crippen LogP contribution >= 0.6 is 27.3 Å². The lowest BCUT2D eigenvalue weighted by Crippen LogP contribution is -2.22. The predicted octanol–water partition coefficient (Wildman–Crippen LogP) is 8.22. The van der Waals surface area contributed by atoms with Gasteiger partial charge in [0.05, 0.1) is 10.6 Å². The molecule has 8 heteroatoms. The number of carbonyl (C=O) groups is 1. The standard InChI is InChI=1S/C31H21BrN2O4S/c1-2-16-36-31(35)29(21-7-4-3-5-8-21)38-30-24(19-33)23(18-25(34-30)28-9-6-17-39-28)27-15-14-26(37-27)20-10-12-22(32)13-11-20/h2-15,17-18,29H,1,16H2. The molecule has 5 aromatic rings. The van der Waals surface area contributed by atoms with Crippen LogP contribution in [0.2, 0.25) is 0 Å². The number of hydrogen-bond donors (Lipinski definition) is 0. The molecule has 6 nitrogen and oxygen atoms in total. The Kier molecular flexibility index (Phi) is 8.02. The van der Waals surface area contributed by atoms with Crippen molar-refractivity contribution in [3.8, 4) is 45.2 Å². The van der Waals surface area contributed by atoms with Crippen LogP contribution in [0.3, 0.4) is 0 Å². The highest BCUT2D eigenvalue weighted by atomic mass is 79.9. The SMILES string of the molecule is C=CCOC(=O)C(Oc1nc(-c2cccs2)cc(-c2ccc(-c3ccc(Br)cc3)o2)c1C#N)c1ccccc1. The van der Waals surface area contributed by atoms with Crippen molar-refractivity contribution in [1.29, 1.82) is 5.26 Å². The Morgan fingerprint density at radius 2 is 1.85 bits per heavy atom. The smallest absolute Gasteiger partial charge is 0.352 e. The summed E-state index contributed by atoms with van der Waals surface area (Å²) in [5, 5.41) is 12.2. The molecule has 0 bridgehead atoms. The number of furan rings is 1. The fourth-order valence-corrected chi connectivity index (χ4v) is 4.87. The first-order chi connectivity index (χ1) is 19.1. The zero-order valence-electron chi connectivity index (χ0n) is 20.5. The van der Waals surface area contributed by atoms with Crippen molar-refractivity contribution in [2.45, 2.75) is 6.10 Å². The Morgan fingerprint density at radius 3 is 2.54 bits per heavy atom. The monoisotopic (exact) mass is 596 g/mol. The van der Waals surface area contributed by atoms with Crippen molar-refractivity contribution >= 4 is 33.2 Å². The Morgan fingerprint density at radius 1 is 1.08 bits per heavy atom. The molecule has 192 valence electrons. The van der Waals surface area contributed by atoms with Gasteiger partial charge in [0.1, 0.15) is 29.8 Å². The fourth-order valence-electron chi connectivity index (χ4n) is 3.92. The maximum atomic E-state index is 13.0.